The summed E-state index contributed by atoms with van der Waals surface area (Å²) in [6, 6.07) is 4.03. The zero-order valence-electron chi connectivity index (χ0n) is 12.6. The van der Waals surface area contributed by atoms with Crippen LogP contribution in [0.5, 0.6) is 0 Å². The summed E-state index contributed by atoms with van der Waals surface area (Å²) in [4.78, 5) is 13.2. The van der Waals surface area contributed by atoms with Crippen molar-refractivity contribution in [1.82, 2.24) is 25.5 Å². The predicted octanol–water partition coefficient (Wildman–Crippen LogP) is 1.42. The molecule has 0 aromatic carbocycles. The highest BCUT2D eigenvalue weighted by Crippen LogP contribution is 2.21. The van der Waals surface area contributed by atoms with Crippen LogP contribution in [0.15, 0.2) is 22.7 Å². The van der Waals surface area contributed by atoms with Gasteiger partial charge in [0.25, 0.3) is 0 Å². The Balaban J connectivity index is 1.85. The van der Waals surface area contributed by atoms with Crippen molar-refractivity contribution in [3.8, 4) is 0 Å². The quantitative estimate of drug-likeness (QED) is 0.549. The molecule has 0 aliphatic heterocycles. The highest BCUT2D eigenvalue weighted by molar-refractivity contribution is 8.00. The summed E-state index contributed by atoms with van der Waals surface area (Å²) in [6.45, 7) is 3.72. The van der Waals surface area contributed by atoms with Gasteiger partial charge in [-0.05, 0) is 35.2 Å². The van der Waals surface area contributed by atoms with Gasteiger partial charge in [-0.3, -0.25) is 4.79 Å². The first-order chi connectivity index (χ1) is 10.7. The van der Waals surface area contributed by atoms with E-state index >= 15 is 0 Å². The molecule has 0 radical (unpaired) electrons. The van der Waals surface area contributed by atoms with Gasteiger partial charge >= 0.3 is 0 Å². The van der Waals surface area contributed by atoms with Crippen LogP contribution in [-0.4, -0.2) is 51.6 Å². The topological polar surface area (TPSA) is 81.9 Å². The van der Waals surface area contributed by atoms with Gasteiger partial charge in [-0.15, -0.1) is 16.4 Å². The second-order valence-electron chi connectivity index (χ2n) is 4.60. The Kier molecular flexibility index (Phi) is 6.81. The van der Waals surface area contributed by atoms with Crippen LogP contribution < -0.4 is 5.32 Å². The van der Waals surface area contributed by atoms with E-state index in [1.807, 2.05) is 24.4 Å². The Morgan fingerprint density at radius 2 is 2.45 bits per heavy atom. The van der Waals surface area contributed by atoms with Crippen LogP contribution in [0.25, 0.3) is 0 Å². The largest absolute Gasteiger partial charge is 0.385 e. The van der Waals surface area contributed by atoms with Crippen molar-refractivity contribution in [2.24, 2.45) is 0 Å². The van der Waals surface area contributed by atoms with Gasteiger partial charge in [0.1, 0.15) is 0 Å². The molecule has 0 aliphatic rings. The maximum absolute atomic E-state index is 12.0. The molecule has 2 aromatic rings. The van der Waals surface area contributed by atoms with E-state index in [1.165, 1.54) is 16.6 Å². The lowest BCUT2D eigenvalue weighted by atomic mass is 10.4. The Hall–Kier alpha value is -1.45. The number of nitrogens with one attached hydrogen (secondary N) is 1. The first-order valence-corrected chi connectivity index (χ1v) is 8.68. The molecular formula is C13H19N5O2S2. The number of hydrogen-bond acceptors (Lipinski definition) is 7. The van der Waals surface area contributed by atoms with Crippen molar-refractivity contribution in [1.29, 1.82) is 0 Å². The van der Waals surface area contributed by atoms with Crippen molar-refractivity contribution >= 4 is 29.0 Å². The number of tetrazole rings is 1. The van der Waals surface area contributed by atoms with E-state index in [1.54, 1.807) is 23.1 Å². The van der Waals surface area contributed by atoms with Gasteiger partial charge < -0.3 is 10.1 Å². The van der Waals surface area contributed by atoms with Crippen molar-refractivity contribution in [2.75, 3.05) is 20.3 Å². The number of carbonyl (C=O) groups is 1. The van der Waals surface area contributed by atoms with Gasteiger partial charge in [0.2, 0.25) is 11.1 Å². The summed E-state index contributed by atoms with van der Waals surface area (Å²) in [5.74, 6) is -0.0215. The first-order valence-electron chi connectivity index (χ1n) is 6.92. The van der Waals surface area contributed by atoms with E-state index in [2.05, 4.69) is 20.8 Å². The van der Waals surface area contributed by atoms with E-state index in [-0.39, 0.29) is 11.2 Å². The van der Waals surface area contributed by atoms with Crippen LogP contribution in [0, 0.1) is 0 Å². The fourth-order valence-corrected chi connectivity index (χ4v) is 3.21. The molecule has 2 aromatic heterocycles. The summed E-state index contributed by atoms with van der Waals surface area (Å²) in [7, 11) is 1.65. The van der Waals surface area contributed by atoms with Crippen molar-refractivity contribution in [3.05, 3.63) is 22.4 Å². The lowest BCUT2D eigenvalue weighted by molar-refractivity contribution is -0.120. The monoisotopic (exact) mass is 341 g/mol. The number of thiophene rings is 1. The normalized spacial score (nSPS) is 12.3. The second kappa shape index (κ2) is 8.86. The standard InChI is InChI=1S/C13H19N5O2S2/c1-10(12(19)14-6-4-7-20-2)22-13-15-16-17-18(13)9-11-5-3-8-21-11/h3,5,8,10H,4,6-7,9H2,1-2H3,(H,14,19). The van der Waals surface area contributed by atoms with E-state index < -0.39 is 0 Å². The second-order valence-corrected chi connectivity index (χ2v) is 6.94. The molecule has 1 atom stereocenters. The molecule has 2 heterocycles. The number of amides is 1. The van der Waals surface area contributed by atoms with Gasteiger partial charge in [-0.25, -0.2) is 4.68 Å². The lowest BCUT2D eigenvalue weighted by Crippen LogP contribution is -2.32. The van der Waals surface area contributed by atoms with Crippen LogP contribution in [0.2, 0.25) is 0 Å². The Labute approximate surface area is 137 Å². The minimum Gasteiger partial charge on any atom is -0.385 e. The molecule has 0 bridgehead atoms. The van der Waals surface area contributed by atoms with Crippen LogP contribution in [-0.2, 0) is 16.1 Å². The Bertz CT molecular complexity index is 573. The summed E-state index contributed by atoms with van der Waals surface area (Å²) in [5, 5.41) is 17.0. The highest BCUT2D eigenvalue weighted by atomic mass is 32.2. The molecule has 0 saturated carbocycles. The molecule has 1 unspecified atom stereocenters. The molecule has 7 nitrogen and oxygen atoms in total. The molecule has 0 fully saturated rings. The molecule has 9 heteroatoms. The van der Waals surface area contributed by atoms with E-state index in [9.17, 15) is 4.79 Å². The van der Waals surface area contributed by atoms with E-state index in [0.717, 1.165) is 6.42 Å². The predicted molar refractivity (Wildman–Crippen MR) is 86.1 cm³/mol. The SMILES string of the molecule is COCCCNC(=O)C(C)Sc1nnnn1Cc1cccs1. The zero-order valence-corrected chi connectivity index (χ0v) is 14.2. The number of carbonyl (C=O) groups excluding carboxylic acids is 1. The molecule has 0 spiro atoms. The highest BCUT2D eigenvalue weighted by Gasteiger charge is 2.18. The fraction of sp³-hybridized carbons (Fsp3) is 0.538. The average molecular weight is 341 g/mol. The molecule has 0 aliphatic carbocycles. The van der Waals surface area contributed by atoms with Gasteiger partial charge in [-0.2, -0.15) is 0 Å². The summed E-state index contributed by atoms with van der Waals surface area (Å²) < 4.78 is 6.66. The van der Waals surface area contributed by atoms with Crippen molar-refractivity contribution in [2.45, 2.75) is 30.3 Å². The summed E-state index contributed by atoms with van der Waals surface area (Å²) in [6.07, 6.45) is 0.801. The third-order valence-corrected chi connectivity index (χ3v) is 4.79. The van der Waals surface area contributed by atoms with Crippen LogP contribution >= 0.6 is 23.1 Å². The van der Waals surface area contributed by atoms with Gasteiger partial charge in [-0.1, -0.05) is 17.8 Å². The first kappa shape index (κ1) is 16.9. The number of methoxy groups -OCH3 is 1. The minimum atomic E-state index is -0.254. The molecule has 22 heavy (non-hydrogen) atoms. The number of rotatable bonds is 9. The number of hydrogen-bond donors (Lipinski definition) is 1. The van der Waals surface area contributed by atoms with Crippen LogP contribution in [0.1, 0.15) is 18.2 Å². The third-order valence-electron chi connectivity index (χ3n) is 2.86. The maximum Gasteiger partial charge on any atom is 0.233 e. The van der Waals surface area contributed by atoms with Crippen LogP contribution in [0.4, 0.5) is 0 Å². The smallest absolute Gasteiger partial charge is 0.233 e. The van der Waals surface area contributed by atoms with Crippen LogP contribution in [0.3, 0.4) is 0 Å². The molecule has 120 valence electrons. The van der Waals surface area contributed by atoms with Crippen molar-refractivity contribution < 1.29 is 9.53 Å². The maximum atomic E-state index is 12.0. The van der Waals surface area contributed by atoms with E-state index in [0.29, 0.717) is 24.9 Å². The van der Waals surface area contributed by atoms with Gasteiger partial charge in [0, 0.05) is 25.1 Å². The molecule has 2 rings (SSSR count). The third kappa shape index (κ3) is 5.08. The summed E-state index contributed by atoms with van der Waals surface area (Å²) >= 11 is 3.01. The zero-order chi connectivity index (χ0) is 15.8. The molecular weight excluding hydrogens is 322 g/mol. The number of nitrogens with zero attached hydrogens (tertiary/aromatic N) is 4. The fourth-order valence-electron chi connectivity index (χ4n) is 1.71. The minimum absolute atomic E-state index is 0.0215. The average Bonchev–Trinajstić information content (AvgIpc) is 3.16. The summed E-state index contributed by atoms with van der Waals surface area (Å²) in [5.41, 5.74) is 0. The molecule has 1 amide bonds. The lowest BCUT2D eigenvalue weighted by Gasteiger charge is -2.11. The Morgan fingerprint density at radius 3 is 3.18 bits per heavy atom. The van der Waals surface area contributed by atoms with Gasteiger partial charge in [0.15, 0.2) is 0 Å². The number of aromatic nitrogens is 4. The molecule has 1 N–H and O–H groups in total. The van der Waals surface area contributed by atoms with E-state index in [4.69, 9.17) is 4.74 Å². The molecule has 0 saturated heterocycles. The number of ether oxygens (including phenoxy) is 1. The number of thioether (sulfide) groups is 1. The van der Waals surface area contributed by atoms with Crippen molar-refractivity contribution in [3.63, 3.8) is 0 Å². The Morgan fingerprint density at radius 1 is 1.59 bits per heavy atom. The van der Waals surface area contributed by atoms with Gasteiger partial charge in [0.05, 0.1) is 11.8 Å².